The van der Waals surface area contributed by atoms with Crippen LogP contribution in [0.4, 0.5) is 10.1 Å². The van der Waals surface area contributed by atoms with Gasteiger partial charge in [0.2, 0.25) is 0 Å². The fourth-order valence-electron chi connectivity index (χ4n) is 6.08. The minimum Gasteiger partial charge on any atom is -0.371 e. The number of hydrogen-bond donors (Lipinski definition) is 1. The molecule has 0 bridgehead atoms. The summed E-state index contributed by atoms with van der Waals surface area (Å²) in [5, 5.41) is 3.77. The molecule has 0 amide bonds. The van der Waals surface area contributed by atoms with Crippen LogP contribution in [0.1, 0.15) is 31.7 Å². The second-order valence-electron chi connectivity index (χ2n) is 10.7. The van der Waals surface area contributed by atoms with Crippen molar-refractivity contribution >= 4 is 5.69 Å². The second kappa shape index (κ2) is 8.63. The van der Waals surface area contributed by atoms with Gasteiger partial charge in [0.05, 0.1) is 11.4 Å². The van der Waals surface area contributed by atoms with E-state index in [-0.39, 0.29) is 5.82 Å². The lowest BCUT2D eigenvalue weighted by Crippen LogP contribution is -2.29. The fourth-order valence-corrected chi connectivity index (χ4v) is 6.08. The Kier molecular flexibility index (Phi) is 5.24. The molecule has 5 nitrogen and oxygen atoms in total. The number of hydrogen-bond acceptors (Lipinski definition) is 3. The van der Waals surface area contributed by atoms with Gasteiger partial charge >= 0.3 is 0 Å². The standard InChI is InChI=1S/C30H32FN5/c1-2-20-16-34(19-24(20)15-33-26-7-8-26)27-9-10-28-23(13-27)18-35-17-22(21-3-5-25(31)6-4-21)14-29(35)30-32-11-12-36(28)30/h3-6,9-14,17,20,24,26,33H,2,7-8,15-16,18-19H2,1H3/t20-,24-/m0/s1. The lowest BCUT2D eigenvalue weighted by molar-refractivity contribution is 0.384. The van der Waals surface area contributed by atoms with Crippen molar-refractivity contribution in [2.75, 3.05) is 24.5 Å². The molecule has 2 fully saturated rings. The molecule has 1 aliphatic carbocycles. The van der Waals surface area contributed by atoms with Crippen LogP contribution in [0.25, 0.3) is 28.3 Å². The van der Waals surface area contributed by atoms with Crippen LogP contribution in [0.15, 0.2) is 67.1 Å². The number of anilines is 1. The number of benzene rings is 2. The minimum absolute atomic E-state index is 0.214. The van der Waals surface area contributed by atoms with Gasteiger partial charge in [0.15, 0.2) is 5.82 Å². The lowest BCUT2D eigenvalue weighted by Gasteiger charge is -2.21. The molecule has 0 radical (unpaired) electrons. The number of nitrogens with zero attached hydrogens (tertiary/aromatic N) is 4. The Balaban J connectivity index is 1.21. The molecule has 3 aliphatic rings. The van der Waals surface area contributed by atoms with Crippen LogP contribution in [0.5, 0.6) is 0 Å². The van der Waals surface area contributed by atoms with Crippen LogP contribution in [-0.4, -0.2) is 39.8 Å². The van der Waals surface area contributed by atoms with Gasteiger partial charge < -0.3 is 14.8 Å². The zero-order chi connectivity index (χ0) is 24.2. The Labute approximate surface area is 211 Å². The summed E-state index contributed by atoms with van der Waals surface area (Å²) in [6, 6.07) is 16.6. The average molecular weight is 482 g/mol. The van der Waals surface area contributed by atoms with E-state index in [0.717, 1.165) is 60.8 Å². The van der Waals surface area contributed by atoms with E-state index in [1.807, 2.05) is 18.3 Å². The first-order valence-electron chi connectivity index (χ1n) is 13.3. The van der Waals surface area contributed by atoms with Crippen LogP contribution < -0.4 is 10.2 Å². The van der Waals surface area contributed by atoms with Crippen LogP contribution in [0.3, 0.4) is 0 Å². The predicted molar refractivity (Wildman–Crippen MR) is 142 cm³/mol. The van der Waals surface area contributed by atoms with Crippen LogP contribution in [-0.2, 0) is 6.54 Å². The highest BCUT2D eigenvalue weighted by Crippen LogP contribution is 2.37. The third-order valence-corrected chi connectivity index (χ3v) is 8.32. The Morgan fingerprint density at radius 1 is 1.00 bits per heavy atom. The SMILES string of the molecule is CC[C@H]1CN(c2ccc3c(c2)Cn2cc(-c4ccc(F)cc4)cc2-c2nccn2-3)C[C@@H]1CNC1CC1. The summed E-state index contributed by atoms with van der Waals surface area (Å²) in [5.74, 6) is 2.18. The highest BCUT2D eigenvalue weighted by molar-refractivity contribution is 5.72. The molecule has 4 aromatic rings. The van der Waals surface area contributed by atoms with Crippen LogP contribution in [0.2, 0.25) is 0 Å². The quantitative estimate of drug-likeness (QED) is 0.337. The normalized spacial score (nSPS) is 20.7. The monoisotopic (exact) mass is 481 g/mol. The van der Waals surface area contributed by atoms with Gasteiger partial charge in [-0.15, -0.1) is 0 Å². The fraction of sp³-hybridized carbons (Fsp3) is 0.367. The van der Waals surface area contributed by atoms with Crippen molar-refractivity contribution in [2.24, 2.45) is 11.8 Å². The molecule has 36 heavy (non-hydrogen) atoms. The minimum atomic E-state index is -0.214. The van der Waals surface area contributed by atoms with Crippen molar-refractivity contribution in [3.63, 3.8) is 0 Å². The van der Waals surface area contributed by atoms with E-state index < -0.39 is 0 Å². The summed E-state index contributed by atoms with van der Waals surface area (Å²) in [6.45, 7) is 6.51. The Hall–Kier alpha value is -3.38. The number of halogens is 1. The van der Waals surface area contributed by atoms with Crippen molar-refractivity contribution in [1.82, 2.24) is 19.4 Å². The molecule has 1 saturated carbocycles. The average Bonchev–Trinajstić information content (AvgIpc) is 3.27. The van der Waals surface area contributed by atoms with Gasteiger partial charge in [0.1, 0.15) is 5.82 Å². The topological polar surface area (TPSA) is 38.0 Å². The molecular weight excluding hydrogens is 449 g/mol. The molecule has 2 aromatic carbocycles. The summed E-state index contributed by atoms with van der Waals surface area (Å²) in [7, 11) is 0. The molecule has 1 saturated heterocycles. The predicted octanol–water partition coefficient (Wildman–Crippen LogP) is 5.72. The van der Waals surface area contributed by atoms with E-state index in [0.29, 0.717) is 5.92 Å². The first-order chi connectivity index (χ1) is 17.7. The molecule has 2 aliphatic heterocycles. The highest BCUT2D eigenvalue weighted by atomic mass is 19.1. The van der Waals surface area contributed by atoms with Crippen molar-refractivity contribution in [3.05, 3.63) is 78.5 Å². The van der Waals surface area contributed by atoms with E-state index in [9.17, 15) is 4.39 Å². The smallest absolute Gasteiger partial charge is 0.161 e. The van der Waals surface area contributed by atoms with Crippen LogP contribution >= 0.6 is 0 Å². The molecule has 7 rings (SSSR count). The first kappa shape index (κ1) is 21.9. The van der Waals surface area contributed by atoms with Crippen molar-refractivity contribution < 1.29 is 4.39 Å². The van der Waals surface area contributed by atoms with E-state index in [4.69, 9.17) is 4.98 Å². The largest absolute Gasteiger partial charge is 0.371 e. The number of rotatable bonds is 6. The van der Waals surface area contributed by atoms with Crippen molar-refractivity contribution in [1.29, 1.82) is 0 Å². The van der Waals surface area contributed by atoms with Gasteiger partial charge in [0.25, 0.3) is 0 Å². The molecule has 2 aromatic heterocycles. The molecule has 1 N–H and O–H groups in total. The molecule has 0 spiro atoms. The van der Waals surface area contributed by atoms with E-state index in [2.05, 4.69) is 62.9 Å². The maximum Gasteiger partial charge on any atom is 0.161 e. The van der Waals surface area contributed by atoms with Crippen LogP contribution in [0, 0.1) is 17.7 Å². The molecule has 4 heterocycles. The Morgan fingerprint density at radius 2 is 1.83 bits per heavy atom. The van der Waals surface area contributed by atoms with Gasteiger partial charge in [-0.05, 0) is 72.2 Å². The number of fused-ring (bicyclic) bond motifs is 5. The second-order valence-corrected chi connectivity index (χ2v) is 10.7. The van der Waals surface area contributed by atoms with E-state index in [1.165, 1.54) is 48.3 Å². The molecule has 0 unspecified atom stereocenters. The van der Waals surface area contributed by atoms with Crippen molar-refractivity contribution in [3.8, 4) is 28.3 Å². The lowest BCUT2D eigenvalue weighted by atomic mass is 9.94. The zero-order valence-electron chi connectivity index (χ0n) is 20.7. The first-order valence-corrected chi connectivity index (χ1v) is 13.3. The van der Waals surface area contributed by atoms with Gasteiger partial charge in [-0.25, -0.2) is 9.37 Å². The summed E-state index contributed by atoms with van der Waals surface area (Å²) in [5.41, 5.74) is 6.97. The number of nitrogens with one attached hydrogen (secondary N) is 1. The Bertz CT molecular complexity index is 1400. The third-order valence-electron chi connectivity index (χ3n) is 8.32. The van der Waals surface area contributed by atoms with Crippen molar-refractivity contribution in [2.45, 2.75) is 38.8 Å². The summed E-state index contributed by atoms with van der Waals surface area (Å²) in [4.78, 5) is 7.30. The number of aromatic nitrogens is 3. The van der Waals surface area contributed by atoms with Gasteiger partial charge in [-0.3, -0.25) is 4.57 Å². The zero-order valence-corrected chi connectivity index (χ0v) is 20.7. The Morgan fingerprint density at radius 3 is 2.64 bits per heavy atom. The molecule has 2 atom stereocenters. The maximum atomic E-state index is 13.5. The molecular formula is C30H32FN5. The summed E-state index contributed by atoms with van der Waals surface area (Å²) in [6.07, 6.45) is 10.0. The third kappa shape index (κ3) is 3.84. The van der Waals surface area contributed by atoms with E-state index in [1.54, 1.807) is 0 Å². The van der Waals surface area contributed by atoms with Gasteiger partial charge in [-0.2, -0.15) is 0 Å². The molecule has 184 valence electrons. The summed E-state index contributed by atoms with van der Waals surface area (Å²) < 4.78 is 18.0. The van der Waals surface area contributed by atoms with Gasteiger partial charge in [0, 0.05) is 62.1 Å². The van der Waals surface area contributed by atoms with Gasteiger partial charge in [-0.1, -0.05) is 25.5 Å². The maximum absolute atomic E-state index is 13.5. The number of imidazole rings is 1. The highest BCUT2D eigenvalue weighted by Gasteiger charge is 2.33. The summed E-state index contributed by atoms with van der Waals surface area (Å²) >= 11 is 0. The van der Waals surface area contributed by atoms with E-state index >= 15 is 0 Å². The molecule has 6 heteroatoms.